The summed E-state index contributed by atoms with van der Waals surface area (Å²) < 4.78 is 50.8. The van der Waals surface area contributed by atoms with Crippen LogP contribution in [-0.4, -0.2) is 35.5 Å². The van der Waals surface area contributed by atoms with Crippen LogP contribution in [0.5, 0.6) is 5.88 Å². The number of aliphatic hydroxyl groups excluding tert-OH is 1. The van der Waals surface area contributed by atoms with Gasteiger partial charge in [0.2, 0.25) is 5.88 Å². The van der Waals surface area contributed by atoms with Crippen LogP contribution in [0.1, 0.15) is 90.6 Å². The summed E-state index contributed by atoms with van der Waals surface area (Å²) in [6.07, 6.45) is 7.61. The van der Waals surface area contributed by atoms with Crippen molar-refractivity contribution >= 4 is 34.7 Å². The zero-order valence-corrected chi connectivity index (χ0v) is 27.9. The molecule has 0 bridgehead atoms. The summed E-state index contributed by atoms with van der Waals surface area (Å²) in [6, 6.07) is 20.1. The average Bonchev–Trinajstić information content (AvgIpc) is 3.08. The number of ether oxygens (including phenoxy) is 2. The molecule has 0 amide bonds. The number of hydrogen-bond acceptors (Lipinski definition) is 6. The van der Waals surface area contributed by atoms with Crippen molar-refractivity contribution in [3.8, 4) is 5.88 Å². The Hall–Kier alpha value is -3.82. The molecule has 4 aromatic rings. The minimum Gasteiger partial charge on any atom is -0.480 e. The van der Waals surface area contributed by atoms with Crippen molar-refractivity contribution in [3.63, 3.8) is 0 Å². The Bertz CT molecular complexity index is 1660. The van der Waals surface area contributed by atoms with Crippen molar-refractivity contribution in [3.05, 3.63) is 107 Å². The number of thioether (sulfide) groups is 1. The number of aliphatic hydroxyl groups is 1. The number of carbonyl (C=O) groups excluding carboxylic acids is 1. The molecule has 0 saturated carbocycles. The van der Waals surface area contributed by atoms with Crippen molar-refractivity contribution < 1.29 is 32.5 Å². The monoisotopic (exact) mass is 665 g/mol. The van der Waals surface area contributed by atoms with Crippen molar-refractivity contribution in [2.45, 2.75) is 80.7 Å². The maximum atomic E-state index is 13.5. The Balaban J connectivity index is 1.59. The normalized spacial score (nSPS) is 13.2. The van der Waals surface area contributed by atoms with Gasteiger partial charge < -0.3 is 14.6 Å². The molecule has 5 nitrogen and oxygen atoms in total. The average molecular weight is 666 g/mol. The molecule has 9 heteroatoms. The van der Waals surface area contributed by atoms with Gasteiger partial charge in [0.25, 0.3) is 0 Å². The van der Waals surface area contributed by atoms with Gasteiger partial charge in [-0.1, -0.05) is 100 Å². The summed E-state index contributed by atoms with van der Waals surface area (Å²) in [5.41, 5.74) is 2.27. The van der Waals surface area contributed by atoms with Gasteiger partial charge in [-0.25, -0.2) is 9.78 Å². The van der Waals surface area contributed by atoms with Crippen LogP contribution < -0.4 is 4.74 Å². The highest BCUT2D eigenvalue weighted by Gasteiger charge is 2.31. The second-order valence-electron chi connectivity index (χ2n) is 11.5. The first-order chi connectivity index (χ1) is 22.6. The lowest BCUT2D eigenvalue weighted by Gasteiger charge is -2.21. The van der Waals surface area contributed by atoms with Gasteiger partial charge in [0, 0.05) is 10.3 Å². The molecule has 0 unspecified atom stereocenters. The number of benzene rings is 3. The highest BCUT2D eigenvalue weighted by Crippen LogP contribution is 2.38. The third-order valence-electron chi connectivity index (χ3n) is 7.99. The second kappa shape index (κ2) is 17.4. The van der Waals surface area contributed by atoms with Crippen molar-refractivity contribution in [1.29, 1.82) is 0 Å². The van der Waals surface area contributed by atoms with E-state index in [1.165, 1.54) is 82.2 Å². The van der Waals surface area contributed by atoms with Crippen LogP contribution >= 0.6 is 11.8 Å². The quantitative estimate of drug-likeness (QED) is 0.0730. The van der Waals surface area contributed by atoms with E-state index in [1.807, 2.05) is 30.4 Å². The number of esters is 1. The first kappa shape index (κ1) is 36.0. The molecule has 1 aromatic heterocycles. The summed E-state index contributed by atoms with van der Waals surface area (Å²) in [5.74, 6) is -0.459. The topological polar surface area (TPSA) is 68.7 Å². The minimum absolute atomic E-state index is 0.114. The molecule has 0 saturated heterocycles. The fraction of sp³-hybridized carbons (Fsp3) is 0.368. The lowest BCUT2D eigenvalue weighted by molar-refractivity contribution is -0.137. The summed E-state index contributed by atoms with van der Waals surface area (Å²) in [6.45, 7) is 2.22. The van der Waals surface area contributed by atoms with Crippen molar-refractivity contribution in [2.75, 3.05) is 14.2 Å². The first-order valence-electron chi connectivity index (χ1n) is 16.0. The number of fused-ring (bicyclic) bond motifs is 1. The highest BCUT2D eigenvalue weighted by atomic mass is 32.2. The second-order valence-corrected chi connectivity index (χ2v) is 12.8. The van der Waals surface area contributed by atoms with Crippen LogP contribution in [0.4, 0.5) is 13.2 Å². The third-order valence-corrected chi connectivity index (χ3v) is 9.20. The van der Waals surface area contributed by atoms with E-state index in [-0.39, 0.29) is 17.0 Å². The maximum Gasteiger partial charge on any atom is 0.416 e. The van der Waals surface area contributed by atoms with Gasteiger partial charge in [-0.05, 0) is 59.9 Å². The Morgan fingerprint density at radius 3 is 2.40 bits per heavy atom. The van der Waals surface area contributed by atoms with Crippen molar-refractivity contribution in [2.24, 2.45) is 0 Å². The Morgan fingerprint density at radius 1 is 0.936 bits per heavy atom. The SMILES string of the molecule is CCCCCCCCCc1cccc(C=C[C@H](Sc2ccc3cc(C(=O)OC)c(OC)nc3c2)[C@@H](O)c2cccc(C(F)(F)F)c2)c1. The fourth-order valence-electron chi connectivity index (χ4n) is 5.41. The predicted octanol–water partition coefficient (Wildman–Crippen LogP) is 10.2. The molecule has 2 atom stereocenters. The number of carbonyl (C=O) groups is 1. The molecule has 0 aliphatic heterocycles. The summed E-state index contributed by atoms with van der Waals surface area (Å²) in [7, 11) is 2.69. The summed E-state index contributed by atoms with van der Waals surface area (Å²) in [5, 5.41) is 11.5. The lowest BCUT2D eigenvalue weighted by Crippen LogP contribution is -2.14. The number of pyridine rings is 1. The van der Waals surface area contributed by atoms with Gasteiger partial charge in [-0.15, -0.1) is 11.8 Å². The number of nitrogens with zero attached hydrogens (tertiary/aromatic N) is 1. The standard InChI is InChI=1S/C38H42F3NO4S/c1-4-5-6-7-8-9-10-13-26-14-11-15-27(22-26)18-21-34(35(43)29-16-12-17-30(23-29)38(39,40)41)47-31-20-19-28-24-32(37(44)46-3)36(45-2)42-33(28)25-31/h11-12,14-25,34-35,43H,4-10,13H2,1-3H3/t34-,35-/m0/s1. The van der Waals surface area contributed by atoms with Gasteiger partial charge in [0.1, 0.15) is 5.56 Å². The van der Waals surface area contributed by atoms with Gasteiger partial charge >= 0.3 is 12.1 Å². The number of alkyl halides is 3. The van der Waals surface area contributed by atoms with E-state index in [1.54, 1.807) is 18.2 Å². The van der Waals surface area contributed by atoms with Crippen LogP contribution in [0.25, 0.3) is 17.0 Å². The number of unbranched alkanes of at least 4 members (excludes halogenated alkanes) is 6. The van der Waals surface area contributed by atoms with E-state index in [9.17, 15) is 23.1 Å². The van der Waals surface area contributed by atoms with Crippen LogP contribution in [-0.2, 0) is 17.3 Å². The van der Waals surface area contributed by atoms with E-state index in [0.29, 0.717) is 10.9 Å². The molecule has 250 valence electrons. The minimum atomic E-state index is -4.53. The van der Waals surface area contributed by atoms with Crippen LogP contribution in [0, 0.1) is 0 Å². The van der Waals surface area contributed by atoms with Gasteiger partial charge in [-0.2, -0.15) is 13.2 Å². The Labute approximate surface area is 279 Å². The van der Waals surface area contributed by atoms with Gasteiger partial charge in [0.15, 0.2) is 0 Å². The van der Waals surface area contributed by atoms with Crippen molar-refractivity contribution in [1.82, 2.24) is 4.98 Å². The number of rotatable bonds is 16. The molecule has 47 heavy (non-hydrogen) atoms. The van der Waals surface area contributed by atoms with E-state index in [0.717, 1.165) is 35.4 Å². The zero-order valence-electron chi connectivity index (χ0n) is 27.1. The van der Waals surface area contributed by atoms with Gasteiger partial charge in [0.05, 0.1) is 36.7 Å². The fourth-order valence-corrected chi connectivity index (χ4v) is 6.50. The molecule has 1 N–H and O–H groups in total. The number of aromatic nitrogens is 1. The molecular formula is C38H42F3NO4S. The number of methoxy groups -OCH3 is 2. The highest BCUT2D eigenvalue weighted by molar-refractivity contribution is 8.00. The van der Waals surface area contributed by atoms with Crippen LogP contribution in [0.15, 0.2) is 83.8 Å². The Kier molecular flexibility index (Phi) is 13.3. The number of halogens is 3. The molecule has 0 aliphatic rings. The maximum absolute atomic E-state index is 13.5. The van der Waals surface area contributed by atoms with Gasteiger partial charge in [-0.3, -0.25) is 0 Å². The molecule has 0 radical (unpaired) electrons. The third kappa shape index (κ3) is 10.3. The molecule has 1 heterocycles. The summed E-state index contributed by atoms with van der Waals surface area (Å²) in [4.78, 5) is 17.4. The smallest absolute Gasteiger partial charge is 0.416 e. The van der Waals surface area contributed by atoms with Crippen LogP contribution in [0.2, 0.25) is 0 Å². The number of aryl methyl sites for hydroxylation is 1. The van der Waals surface area contributed by atoms with E-state index in [2.05, 4.69) is 24.0 Å². The predicted molar refractivity (Wildman–Crippen MR) is 183 cm³/mol. The molecule has 0 aliphatic carbocycles. The molecule has 4 rings (SSSR count). The lowest BCUT2D eigenvalue weighted by atomic mass is 10.0. The first-order valence-corrected chi connectivity index (χ1v) is 16.9. The van der Waals surface area contributed by atoms with Crippen LogP contribution in [0.3, 0.4) is 0 Å². The summed E-state index contributed by atoms with van der Waals surface area (Å²) >= 11 is 1.31. The Morgan fingerprint density at radius 2 is 1.68 bits per heavy atom. The molecule has 0 fully saturated rings. The largest absolute Gasteiger partial charge is 0.480 e. The molecule has 0 spiro atoms. The van der Waals surface area contributed by atoms with E-state index >= 15 is 0 Å². The van der Waals surface area contributed by atoms with E-state index < -0.39 is 29.1 Å². The van der Waals surface area contributed by atoms with E-state index in [4.69, 9.17) is 9.47 Å². The molecule has 3 aromatic carbocycles. The zero-order chi connectivity index (χ0) is 33.8. The number of hydrogen-bond donors (Lipinski definition) is 1. The molecular weight excluding hydrogens is 623 g/mol.